The van der Waals surface area contributed by atoms with Crippen molar-refractivity contribution in [3.8, 4) is 17.0 Å². The summed E-state index contributed by atoms with van der Waals surface area (Å²) in [5.41, 5.74) is 2.65. The Morgan fingerprint density at radius 3 is 2.59 bits per heavy atom. The first kappa shape index (κ1) is 19.1. The Labute approximate surface area is 170 Å². The Balaban J connectivity index is 1.34. The summed E-state index contributed by atoms with van der Waals surface area (Å²) in [6, 6.07) is 12.9. The maximum atomic E-state index is 12.9. The number of hydrogen-bond acceptors (Lipinski definition) is 5. The van der Waals surface area contributed by atoms with Crippen molar-refractivity contribution in [2.75, 3.05) is 20.1 Å². The molecule has 1 saturated heterocycles. The molecule has 1 N–H and O–H groups in total. The van der Waals surface area contributed by atoms with E-state index in [2.05, 4.69) is 14.9 Å². The SMILES string of the molecule is CN(C(=O)n1cnc(-c2ccc(O)cc2)c1)C1CCN(Cc2ccccn2)CC1. The van der Waals surface area contributed by atoms with Crippen LogP contribution in [0.2, 0.25) is 0 Å². The third-order valence-corrected chi connectivity index (χ3v) is 5.48. The summed E-state index contributed by atoms with van der Waals surface area (Å²) >= 11 is 0. The van der Waals surface area contributed by atoms with Crippen LogP contribution in [0.25, 0.3) is 11.3 Å². The molecular weight excluding hydrogens is 366 g/mol. The first-order valence-corrected chi connectivity index (χ1v) is 9.83. The van der Waals surface area contributed by atoms with E-state index < -0.39 is 0 Å². The molecule has 1 aromatic carbocycles. The monoisotopic (exact) mass is 391 g/mol. The number of aromatic hydroxyl groups is 1. The summed E-state index contributed by atoms with van der Waals surface area (Å²) in [7, 11) is 1.86. The lowest BCUT2D eigenvalue weighted by Gasteiger charge is -2.36. The number of nitrogens with zero attached hydrogens (tertiary/aromatic N) is 5. The van der Waals surface area contributed by atoms with Crippen molar-refractivity contribution in [3.05, 3.63) is 66.9 Å². The van der Waals surface area contributed by atoms with Gasteiger partial charge < -0.3 is 10.0 Å². The van der Waals surface area contributed by atoms with Crippen LogP contribution in [0.15, 0.2) is 61.2 Å². The molecule has 3 aromatic rings. The number of benzene rings is 1. The van der Waals surface area contributed by atoms with Crippen LogP contribution < -0.4 is 0 Å². The summed E-state index contributed by atoms with van der Waals surface area (Å²) in [6.45, 7) is 2.74. The van der Waals surface area contributed by atoms with Gasteiger partial charge in [-0.1, -0.05) is 6.07 Å². The third-order valence-electron chi connectivity index (χ3n) is 5.48. The molecule has 4 rings (SSSR count). The molecule has 1 amide bonds. The van der Waals surface area contributed by atoms with E-state index in [1.54, 1.807) is 36.8 Å². The van der Waals surface area contributed by atoms with Crippen LogP contribution in [0.3, 0.4) is 0 Å². The minimum absolute atomic E-state index is 0.0781. The molecule has 1 aliphatic rings. The quantitative estimate of drug-likeness (QED) is 0.739. The fourth-order valence-electron chi connectivity index (χ4n) is 3.73. The maximum absolute atomic E-state index is 12.9. The number of amides is 1. The number of carbonyl (C=O) groups excluding carboxylic acids is 1. The van der Waals surface area contributed by atoms with Gasteiger partial charge in [0.1, 0.15) is 12.1 Å². The van der Waals surface area contributed by atoms with Gasteiger partial charge in [0.05, 0.1) is 11.4 Å². The molecule has 7 heteroatoms. The summed E-state index contributed by atoms with van der Waals surface area (Å²) in [4.78, 5) is 25.8. The first-order chi connectivity index (χ1) is 14.1. The second-order valence-corrected chi connectivity index (χ2v) is 7.43. The lowest BCUT2D eigenvalue weighted by Crippen LogP contribution is -2.46. The highest BCUT2D eigenvalue weighted by Crippen LogP contribution is 2.21. The molecule has 0 atom stereocenters. The Morgan fingerprint density at radius 1 is 1.14 bits per heavy atom. The summed E-state index contributed by atoms with van der Waals surface area (Å²) in [5.74, 6) is 0.207. The van der Waals surface area contributed by atoms with Crippen LogP contribution in [-0.2, 0) is 6.54 Å². The van der Waals surface area contributed by atoms with Crippen LogP contribution in [0, 0.1) is 0 Å². The minimum atomic E-state index is -0.0781. The van der Waals surface area contributed by atoms with E-state index in [4.69, 9.17) is 0 Å². The highest BCUT2D eigenvalue weighted by molar-refractivity contribution is 5.78. The van der Waals surface area contributed by atoms with Crippen molar-refractivity contribution in [3.63, 3.8) is 0 Å². The van der Waals surface area contributed by atoms with Crippen LogP contribution in [0.1, 0.15) is 18.5 Å². The number of aromatic nitrogens is 3. The smallest absolute Gasteiger partial charge is 0.329 e. The zero-order valence-electron chi connectivity index (χ0n) is 16.5. The fourth-order valence-corrected chi connectivity index (χ4v) is 3.73. The summed E-state index contributed by atoms with van der Waals surface area (Å²) in [6.07, 6.45) is 6.99. The van der Waals surface area contributed by atoms with Crippen LogP contribution in [0.5, 0.6) is 5.75 Å². The second-order valence-electron chi connectivity index (χ2n) is 7.43. The molecule has 1 fully saturated rings. The molecule has 0 unspecified atom stereocenters. The van der Waals surface area contributed by atoms with Crippen molar-refractivity contribution in [1.29, 1.82) is 0 Å². The van der Waals surface area contributed by atoms with Crippen LogP contribution in [-0.4, -0.2) is 61.7 Å². The van der Waals surface area contributed by atoms with Gasteiger partial charge in [-0.3, -0.25) is 14.5 Å². The number of hydrogen-bond donors (Lipinski definition) is 1. The first-order valence-electron chi connectivity index (χ1n) is 9.83. The van der Waals surface area contributed by atoms with Crippen molar-refractivity contribution in [2.45, 2.75) is 25.4 Å². The largest absolute Gasteiger partial charge is 0.508 e. The molecule has 7 nitrogen and oxygen atoms in total. The number of phenols is 1. The number of likely N-dealkylation sites (tertiary alicyclic amines) is 1. The van der Waals surface area contributed by atoms with E-state index >= 15 is 0 Å². The number of phenolic OH excluding ortho intramolecular Hbond substituents is 1. The molecule has 0 radical (unpaired) electrons. The van der Waals surface area contributed by atoms with Gasteiger partial charge >= 0.3 is 6.03 Å². The van der Waals surface area contributed by atoms with Crippen LogP contribution in [0.4, 0.5) is 4.79 Å². The highest BCUT2D eigenvalue weighted by Gasteiger charge is 2.26. The van der Waals surface area contributed by atoms with Crippen molar-refractivity contribution in [2.24, 2.45) is 0 Å². The number of piperidine rings is 1. The van der Waals surface area contributed by atoms with E-state index in [1.165, 1.54) is 4.57 Å². The molecule has 150 valence electrons. The lowest BCUT2D eigenvalue weighted by atomic mass is 10.0. The van der Waals surface area contributed by atoms with Gasteiger partial charge in [-0.15, -0.1) is 0 Å². The lowest BCUT2D eigenvalue weighted by molar-refractivity contribution is 0.131. The predicted molar refractivity (Wildman–Crippen MR) is 110 cm³/mol. The number of carbonyl (C=O) groups is 1. The fraction of sp³-hybridized carbons (Fsp3) is 0.318. The zero-order chi connectivity index (χ0) is 20.2. The molecule has 29 heavy (non-hydrogen) atoms. The van der Waals surface area contributed by atoms with E-state index in [-0.39, 0.29) is 17.8 Å². The molecule has 0 saturated carbocycles. The maximum Gasteiger partial charge on any atom is 0.329 e. The topological polar surface area (TPSA) is 74.5 Å². The Morgan fingerprint density at radius 2 is 1.90 bits per heavy atom. The van der Waals surface area contributed by atoms with Crippen LogP contribution >= 0.6 is 0 Å². The summed E-state index contributed by atoms with van der Waals surface area (Å²) < 4.78 is 1.53. The third kappa shape index (κ3) is 4.46. The van der Waals surface area contributed by atoms with Gasteiger partial charge in [-0.2, -0.15) is 0 Å². The van der Waals surface area contributed by atoms with E-state index in [9.17, 15) is 9.90 Å². The van der Waals surface area contributed by atoms with Crippen molar-refractivity contribution >= 4 is 6.03 Å². The average molecular weight is 391 g/mol. The van der Waals surface area contributed by atoms with Gasteiger partial charge in [-0.05, 0) is 49.2 Å². The van der Waals surface area contributed by atoms with E-state index in [0.717, 1.165) is 43.7 Å². The molecule has 0 spiro atoms. The standard InChI is InChI=1S/C22H25N5O2/c1-25(19-9-12-26(13-10-19)14-18-4-2-3-11-23-18)22(29)27-15-21(24-16-27)17-5-7-20(28)8-6-17/h2-8,11,15-16,19,28H,9-10,12-14H2,1H3. The van der Waals surface area contributed by atoms with Gasteiger partial charge in [0.25, 0.3) is 0 Å². The van der Waals surface area contributed by atoms with Gasteiger partial charge in [-0.25, -0.2) is 9.78 Å². The average Bonchev–Trinajstić information content (AvgIpc) is 3.25. The number of rotatable bonds is 4. The van der Waals surface area contributed by atoms with E-state index in [0.29, 0.717) is 5.69 Å². The highest BCUT2D eigenvalue weighted by atomic mass is 16.3. The molecule has 0 bridgehead atoms. The van der Waals surface area contributed by atoms with Crippen molar-refractivity contribution in [1.82, 2.24) is 24.3 Å². The molecule has 3 heterocycles. The predicted octanol–water partition coefficient (Wildman–Crippen LogP) is 3.22. The van der Waals surface area contributed by atoms with Gasteiger partial charge in [0.15, 0.2) is 0 Å². The second kappa shape index (κ2) is 8.45. The zero-order valence-corrected chi connectivity index (χ0v) is 16.5. The molecular formula is C22H25N5O2. The molecule has 2 aromatic heterocycles. The molecule has 0 aliphatic carbocycles. The normalized spacial score (nSPS) is 15.3. The van der Waals surface area contributed by atoms with Gasteiger partial charge in [0, 0.05) is 50.7 Å². The Kier molecular flexibility index (Phi) is 5.57. The Bertz CT molecular complexity index is 947. The van der Waals surface area contributed by atoms with Crippen molar-refractivity contribution < 1.29 is 9.90 Å². The van der Waals surface area contributed by atoms with E-state index in [1.807, 2.05) is 36.3 Å². The van der Waals surface area contributed by atoms with Gasteiger partial charge in [0.2, 0.25) is 0 Å². The minimum Gasteiger partial charge on any atom is -0.508 e. The molecule has 1 aliphatic heterocycles. The Hall–Kier alpha value is -3.19. The number of pyridine rings is 1. The number of imidazole rings is 1. The summed E-state index contributed by atoms with van der Waals surface area (Å²) in [5, 5.41) is 9.42.